The van der Waals surface area contributed by atoms with Crippen LogP contribution in [0.3, 0.4) is 0 Å². The summed E-state index contributed by atoms with van der Waals surface area (Å²) < 4.78 is 65.1. The van der Waals surface area contributed by atoms with Gasteiger partial charge in [0.1, 0.15) is 11.5 Å². The predicted molar refractivity (Wildman–Crippen MR) is 67.3 cm³/mol. The van der Waals surface area contributed by atoms with Gasteiger partial charge in [0.05, 0.1) is 6.61 Å². The SMILES string of the molecule is O=S(=O)(Nc1c(F)cc(F)cc1F)c1ccc(CO)cn1. The molecular weight excluding hydrogens is 309 g/mol. The summed E-state index contributed by atoms with van der Waals surface area (Å²) in [4.78, 5) is 3.56. The molecule has 0 atom stereocenters. The zero-order valence-corrected chi connectivity index (χ0v) is 11.2. The van der Waals surface area contributed by atoms with Crippen LogP contribution in [0.1, 0.15) is 5.56 Å². The van der Waals surface area contributed by atoms with Crippen LogP contribution in [0.4, 0.5) is 18.9 Å². The van der Waals surface area contributed by atoms with Gasteiger partial charge in [-0.2, -0.15) is 8.42 Å². The van der Waals surface area contributed by atoms with E-state index in [1.54, 1.807) is 4.72 Å². The van der Waals surface area contributed by atoms with Gasteiger partial charge in [-0.05, 0) is 11.6 Å². The highest BCUT2D eigenvalue weighted by molar-refractivity contribution is 7.92. The number of pyridine rings is 1. The summed E-state index contributed by atoms with van der Waals surface area (Å²) in [6, 6.07) is 3.05. The molecule has 2 rings (SSSR count). The number of anilines is 1. The van der Waals surface area contributed by atoms with Crippen molar-refractivity contribution in [3.63, 3.8) is 0 Å². The second kappa shape index (κ2) is 5.70. The van der Waals surface area contributed by atoms with Gasteiger partial charge < -0.3 is 5.11 Å². The fourth-order valence-electron chi connectivity index (χ4n) is 1.49. The van der Waals surface area contributed by atoms with Crippen LogP contribution in [-0.4, -0.2) is 18.5 Å². The maximum atomic E-state index is 13.4. The molecular formula is C12H9F3N2O3S. The first-order valence-electron chi connectivity index (χ1n) is 5.56. The van der Waals surface area contributed by atoms with E-state index in [1.807, 2.05) is 0 Å². The number of hydrogen-bond donors (Lipinski definition) is 2. The average Bonchev–Trinajstić information content (AvgIpc) is 2.43. The molecule has 0 saturated heterocycles. The molecule has 0 bridgehead atoms. The molecule has 0 fully saturated rings. The van der Waals surface area contributed by atoms with Crippen LogP contribution in [-0.2, 0) is 16.6 Å². The van der Waals surface area contributed by atoms with Gasteiger partial charge in [-0.25, -0.2) is 18.2 Å². The number of sulfonamides is 1. The molecule has 1 heterocycles. The van der Waals surface area contributed by atoms with Gasteiger partial charge in [-0.15, -0.1) is 0 Å². The number of halogens is 3. The van der Waals surface area contributed by atoms with Crippen LogP contribution in [0.2, 0.25) is 0 Å². The Hall–Kier alpha value is -2.13. The summed E-state index contributed by atoms with van der Waals surface area (Å²) in [6.07, 6.45) is 1.10. The van der Waals surface area contributed by atoms with Crippen LogP contribution in [0.5, 0.6) is 0 Å². The molecule has 0 aliphatic heterocycles. The Bertz CT molecular complexity index is 741. The molecule has 2 N–H and O–H groups in total. The van der Waals surface area contributed by atoms with Crippen LogP contribution >= 0.6 is 0 Å². The van der Waals surface area contributed by atoms with E-state index in [4.69, 9.17) is 5.11 Å². The highest BCUT2D eigenvalue weighted by Crippen LogP contribution is 2.23. The number of hydrogen-bond acceptors (Lipinski definition) is 4. The Morgan fingerprint density at radius 2 is 1.76 bits per heavy atom. The van der Waals surface area contributed by atoms with Crippen molar-refractivity contribution in [2.75, 3.05) is 4.72 Å². The number of nitrogens with one attached hydrogen (secondary N) is 1. The van der Waals surface area contributed by atoms with Crippen molar-refractivity contribution in [1.29, 1.82) is 0 Å². The van der Waals surface area contributed by atoms with Crippen molar-refractivity contribution in [2.45, 2.75) is 11.6 Å². The number of aliphatic hydroxyl groups excluding tert-OH is 1. The fourth-order valence-corrected chi connectivity index (χ4v) is 2.50. The van der Waals surface area contributed by atoms with Gasteiger partial charge in [0.25, 0.3) is 10.0 Å². The standard InChI is InChI=1S/C12H9F3N2O3S/c13-8-3-9(14)12(10(15)4-8)17-21(19,20)11-2-1-7(6-18)5-16-11/h1-5,17-18H,6H2. The van der Waals surface area contributed by atoms with Crippen molar-refractivity contribution in [1.82, 2.24) is 4.98 Å². The highest BCUT2D eigenvalue weighted by Gasteiger charge is 2.21. The van der Waals surface area contributed by atoms with E-state index in [-0.39, 0.29) is 6.61 Å². The Morgan fingerprint density at radius 1 is 1.14 bits per heavy atom. The lowest BCUT2D eigenvalue weighted by Crippen LogP contribution is -2.16. The number of aromatic nitrogens is 1. The fraction of sp³-hybridized carbons (Fsp3) is 0.0833. The van der Waals surface area contributed by atoms with E-state index in [0.29, 0.717) is 17.7 Å². The van der Waals surface area contributed by atoms with E-state index >= 15 is 0 Å². The molecule has 2 aromatic rings. The third-order valence-corrected chi connectivity index (χ3v) is 3.76. The largest absolute Gasteiger partial charge is 0.392 e. The van der Waals surface area contributed by atoms with Crippen LogP contribution < -0.4 is 4.72 Å². The van der Waals surface area contributed by atoms with Crippen molar-refractivity contribution in [3.05, 3.63) is 53.5 Å². The van der Waals surface area contributed by atoms with Crippen molar-refractivity contribution < 1.29 is 26.7 Å². The third kappa shape index (κ3) is 3.31. The van der Waals surface area contributed by atoms with Crippen LogP contribution in [0, 0.1) is 17.5 Å². The summed E-state index contributed by atoms with van der Waals surface area (Å²) in [5.74, 6) is -3.94. The molecule has 0 unspecified atom stereocenters. The lowest BCUT2D eigenvalue weighted by Gasteiger charge is -2.09. The number of nitrogens with zero attached hydrogens (tertiary/aromatic N) is 1. The second-order valence-corrected chi connectivity index (χ2v) is 5.64. The van der Waals surface area contributed by atoms with E-state index < -0.39 is 38.2 Å². The minimum atomic E-state index is -4.34. The van der Waals surface area contributed by atoms with E-state index in [0.717, 1.165) is 12.3 Å². The normalized spacial score (nSPS) is 11.4. The summed E-state index contributed by atoms with van der Waals surface area (Å²) in [5, 5.41) is 8.33. The van der Waals surface area contributed by atoms with E-state index in [9.17, 15) is 21.6 Å². The lowest BCUT2D eigenvalue weighted by atomic mass is 10.3. The minimum absolute atomic E-state index is 0.331. The zero-order chi connectivity index (χ0) is 15.6. The molecule has 0 spiro atoms. The first-order chi connectivity index (χ1) is 9.83. The number of benzene rings is 1. The first kappa shape index (κ1) is 15.3. The summed E-state index contributed by atoms with van der Waals surface area (Å²) in [5.41, 5.74) is -0.627. The molecule has 0 aliphatic rings. The van der Waals surface area contributed by atoms with Gasteiger partial charge >= 0.3 is 0 Å². The molecule has 21 heavy (non-hydrogen) atoms. The predicted octanol–water partition coefficient (Wildman–Crippen LogP) is 1.79. The number of rotatable bonds is 4. The molecule has 0 radical (unpaired) electrons. The van der Waals surface area contributed by atoms with Gasteiger partial charge in [-0.1, -0.05) is 6.07 Å². The second-order valence-electron chi connectivity index (χ2n) is 4.01. The van der Waals surface area contributed by atoms with Crippen LogP contribution in [0.15, 0.2) is 35.5 Å². The molecule has 0 saturated carbocycles. The van der Waals surface area contributed by atoms with Crippen LogP contribution in [0.25, 0.3) is 0 Å². The Morgan fingerprint density at radius 3 is 2.24 bits per heavy atom. The Balaban J connectivity index is 2.37. The molecule has 9 heteroatoms. The van der Waals surface area contributed by atoms with E-state index in [2.05, 4.69) is 4.98 Å². The maximum absolute atomic E-state index is 13.4. The van der Waals surface area contributed by atoms with E-state index in [1.165, 1.54) is 6.07 Å². The van der Waals surface area contributed by atoms with Gasteiger partial charge in [-0.3, -0.25) is 4.72 Å². The molecule has 1 aromatic carbocycles. The molecule has 1 aromatic heterocycles. The molecule has 112 valence electrons. The number of aliphatic hydroxyl groups is 1. The summed E-state index contributed by atoms with van der Waals surface area (Å²) in [6.45, 7) is -0.331. The Kier molecular flexibility index (Phi) is 4.14. The summed E-state index contributed by atoms with van der Waals surface area (Å²) >= 11 is 0. The third-order valence-electron chi connectivity index (χ3n) is 2.50. The molecule has 0 amide bonds. The highest BCUT2D eigenvalue weighted by atomic mass is 32.2. The minimum Gasteiger partial charge on any atom is -0.392 e. The van der Waals surface area contributed by atoms with Gasteiger partial charge in [0, 0.05) is 18.3 Å². The van der Waals surface area contributed by atoms with Gasteiger partial charge in [0.2, 0.25) is 0 Å². The topological polar surface area (TPSA) is 79.3 Å². The Labute approximate surface area is 118 Å². The smallest absolute Gasteiger partial charge is 0.279 e. The van der Waals surface area contributed by atoms with Crippen molar-refractivity contribution in [2.24, 2.45) is 0 Å². The monoisotopic (exact) mass is 318 g/mol. The molecule has 0 aliphatic carbocycles. The summed E-state index contributed by atoms with van der Waals surface area (Å²) in [7, 11) is -4.34. The molecule has 5 nitrogen and oxygen atoms in total. The average molecular weight is 318 g/mol. The van der Waals surface area contributed by atoms with Crippen molar-refractivity contribution in [3.8, 4) is 0 Å². The van der Waals surface area contributed by atoms with Gasteiger partial charge in [0.15, 0.2) is 16.7 Å². The van der Waals surface area contributed by atoms with Crippen molar-refractivity contribution >= 4 is 15.7 Å². The maximum Gasteiger partial charge on any atom is 0.279 e. The zero-order valence-electron chi connectivity index (χ0n) is 10.3. The quantitative estimate of drug-likeness (QED) is 0.901. The first-order valence-corrected chi connectivity index (χ1v) is 7.05. The lowest BCUT2D eigenvalue weighted by molar-refractivity contribution is 0.281.